The molecule has 1 aromatic carbocycles. The minimum absolute atomic E-state index is 0.0801. The molecule has 6 heteroatoms. The quantitative estimate of drug-likeness (QED) is 0.634. The average molecular weight is 407 g/mol. The summed E-state index contributed by atoms with van der Waals surface area (Å²) >= 11 is 0. The highest BCUT2D eigenvalue weighted by Crippen LogP contribution is 2.44. The molecule has 1 saturated carbocycles. The van der Waals surface area contributed by atoms with E-state index in [1.165, 1.54) is 7.11 Å². The van der Waals surface area contributed by atoms with E-state index in [0.29, 0.717) is 24.9 Å². The lowest BCUT2D eigenvalue weighted by atomic mass is 9.86. The van der Waals surface area contributed by atoms with Crippen LogP contribution in [0.3, 0.4) is 0 Å². The van der Waals surface area contributed by atoms with Crippen LogP contribution in [0.5, 0.6) is 5.75 Å². The molecule has 0 aromatic heterocycles. The number of hydrogen-bond acceptors (Lipinski definition) is 6. The molecule has 2 aliphatic rings. The molecule has 29 heavy (non-hydrogen) atoms. The van der Waals surface area contributed by atoms with E-state index in [-0.39, 0.29) is 36.6 Å². The summed E-state index contributed by atoms with van der Waals surface area (Å²) in [5, 5.41) is 10.5. The molecule has 0 radical (unpaired) electrons. The Labute approximate surface area is 173 Å². The van der Waals surface area contributed by atoms with E-state index >= 15 is 0 Å². The first-order valence-electron chi connectivity index (χ1n) is 10.6. The highest BCUT2D eigenvalue weighted by atomic mass is 16.5. The normalized spacial score (nSPS) is 32.4. The third-order valence-electron chi connectivity index (χ3n) is 6.43. The number of rotatable bonds is 9. The molecule has 162 valence electrons. The van der Waals surface area contributed by atoms with Gasteiger partial charge < -0.3 is 24.1 Å². The van der Waals surface area contributed by atoms with Crippen molar-refractivity contribution in [2.24, 2.45) is 17.8 Å². The minimum atomic E-state index is -0.484. The first kappa shape index (κ1) is 22.1. The molecule has 1 heterocycles. The summed E-state index contributed by atoms with van der Waals surface area (Å²) in [5.41, 5.74) is 1.10. The minimum Gasteiger partial charge on any atom is -0.497 e. The van der Waals surface area contributed by atoms with Crippen LogP contribution in [0.25, 0.3) is 0 Å². The SMILES string of the molecule is COC(=O)C[C@@H]1O[C@H](C[C@H](OCc2ccc(OC)cc2)[C@@H]2C[C@H]2C)C[C@H](O)[C@H]1C. The van der Waals surface area contributed by atoms with Crippen molar-refractivity contribution in [3.05, 3.63) is 29.8 Å². The lowest BCUT2D eigenvalue weighted by molar-refractivity contribution is -0.164. The number of ether oxygens (including phenoxy) is 4. The highest BCUT2D eigenvalue weighted by molar-refractivity contribution is 5.69. The summed E-state index contributed by atoms with van der Waals surface area (Å²) in [6.45, 7) is 4.71. The largest absolute Gasteiger partial charge is 0.497 e. The Bertz CT molecular complexity index is 660. The second kappa shape index (κ2) is 9.92. The lowest BCUT2D eigenvalue weighted by Crippen LogP contribution is -2.45. The van der Waals surface area contributed by atoms with Crippen LogP contribution in [0.4, 0.5) is 0 Å². The molecule has 2 fully saturated rings. The van der Waals surface area contributed by atoms with Crippen LogP contribution in [-0.2, 0) is 25.6 Å². The summed E-state index contributed by atoms with van der Waals surface area (Å²) in [6.07, 6.45) is 1.78. The number of aliphatic hydroxyl groups excluding tert-OH is 1. The molecule has 3 rings (SSSR count). The van der Waals surface area contributed by atoms with Gasteiger partial charge in [0.2, 0.25) is 0 Å². The van der Waals surface area contributed by atoms with E-state index < -0.39 is 6.10 Å². The van der Waals surface area contributed by atoms with Gasteiger partial charge in [0.1, 0.15) is 5.75 Å². The Morgan fingerprint density at radius 2 is 1.90 bits per heavy atom. The molecule has 0 amide bonds. The number of hydrogen-bond donors (Lipinski definition) is 1. The van der Waals surface area contributed by atoms with Crippen LogP contribution in [0, 0.1) is 17.8 Å². The molecule has 1 aliphatic carbocycles. The summed E-state index contributed by atoms with van der Waals surface area (Å²) in [7, 11) is 3.03. The molecule has 1 N–H and O–H groups in total. The van der Waals surface area contributed by atoms with Gasteiger partial charge in [0, 0.05) is 12.3 Å². The highest BCUT2D eigenvalue weighted by Gasteiger charge is 2.43. The Kier molecular flexibility index (Phi) is 7.55. The maximum absolute atomic E-state index is 11.7. The zero-order chi connectivity index (χ0) is 21.0. The number of methoxy groups -OCH3 is 2. The monoisotopic (exact) mass is 406 g/mol. The van der Waals surface area contributed by atoms with Crippen molar-refractivity contribution in [2.75, 3.05) is 14.2 Å². The van der Waals surface area contributed by atoms with E-state index in [2.05, 4.69) is 6.92 Å². The number of carbonyl (C=O) groups is 1. The fraction of sp³-hybridized carbons (Fsp3) is 0.696. The van der Waals surface area contributed by atoms with Gasteiger partial charge in [-0.25, -0.2) is 0 Å². The molecule has 1 saturated heterocycles. The second-order valence-electron chi connectivity index (χ2n) is 8.55. The molecular weight excluding hydrogens is 372 g/mol. The Hall–Kier alpha value is -1.63. The summed E-state index contributed by atoms with van der Waals surface area (Å²) in [6, 6.07) is 7.90. The van der Waals surface area contributed by atoms with Gasteiger partial charge in [-0.15, -0.1) is 0 Å². The van der Waals surface area contributed by atoms with Crippen molar-refractivity contribution in [1.82, 2.24) is 0 Å². The first-order chi connectivity index (χ1) is 13.9. The van der Waals surface area contributed by atoms with Gasteiger partial charge >= 0.3 is 5.97 Å². The lowest BCUT2D eigenvalue weighted by Gasteiger charge is -2.39. The van der Waals surface area contributed by atoms with Crippen LogP contribution in [0.1, 0.15) is 45.1 Å². The van der Waals surface area contributed by atoms with Crippen molar-refractivity contribution in [2.45, 2.75) is 70.6 Å². The van der Waals surface area contributed by atoms with E-state index in [4.69, 9.17) is 18.9 Å². The number of aliphatic hydroxyl groups is 1. The summed E-state index contributed by atoms with van der Waals surface area (Å²) in [5.74, 6) is 1.60. The van der Waals surface area contributed by atoms with E-state index in [9.17, 15) is 9.90 Å². The maximum atomic E-state index is 11.7. The van der Waals surface area contributed by atoms with Gasteiger partial charge in [0.25, 0.3) is 0 Å². The molecular formula is C23H34O6. The third kappa shape index (κ3) is 5.93. The van der Waals surface area contributed by atoms with Crippen molar-refractivity contribution in [3.8, 4) is 5.75 Å². The van der Waals surface area contributed by atoms with E-state index in [1.54, 1.807) is 7.11 Å². The predicted molar refractivity (Wildman–Crippen MR) is 109 cm³/mol. The zero-order valence-electron chi connectivity index (χ0n) is 17.9. The number of benzene rings is 1. The Morgan fingerprint density at radius 1 is 1.21 bits per heavy atom. The van der Waals surface area contributed by atoms with Crippen molar-refractivity contribution < 1.29 is 28.8 Å². The second-order valence-corrected chi connectivity index (χ2v) is 8.55. The van der Waals surface area contributed by atoms with Crippen LogP contribution in [-0.4, -0.2) is 49.7 Å². The molecule has 0 unspecified atom stereocenters. The molecule has 6 nitrogen and oxygen atoms in total. The van der Waals surface area contributed by atoms with Gasteiger partial charge in [0.05, 0.1) is 51.7 Å². The van der Waals surface area contributed by atoms with E-state index in [1.807, 2.05) is 31.2 Å². The van der Waals surface area contributed by atoms with Crippen LogP contribution in [0.15, 0.2) is 24.3 Å². The molecule has 1 aromatic rings. The first-order valence-corrected chi connectivity index (χ1v) is 10.6. The standard InChI is InChI=1S/C23H34O6/c1-14-9-19(14)22(28-13-16-5-7-17(26-3)8-6-16)11-18-10-20(24)15(2)21(29-18)12-23(25)27-4/h5-8,14-15,18-22,24H,9-13H2,1-4H3/t14-,15-,18+,19-,20+,21+,22+/m1/s1. The van der Waals surface area contributed by atoms with Crippen LogP contribution >= 0.6 is 0 Å². The number of carbonyl (C=O) groups excluding carboxylic acids is 1. The number of esters is 1. The summed E-state index contributed by atoms with van der Waals surface area (Å²) in [4.78, 5) is 11.7. The predicted octanol–water partition coefficient (Wildman–Crippen LogP) is 3.34. The Morgan fingerprint density at radius 3 is 2.48 bits per heavy atom. The fourth-order valence-electron chi connectivity index (χ4n) is 4.21. The van der Waals surface area contributed by atoms with Crippen molar-refractivity contribution >= 4 is 5.97 Å². The Balaban J connectivity index is 1.59. The van der Waals surface area contributed by atoms with Gasteiger partial charge in [-0.3, -0.25) is 4.79 Å². The van der Waals surface area contributed by atoms with E-state index in [0.717, 1.165) is 24.2 Å². The molecule has 7 atom stereocenters. The molecule has 0 bridgehead atoms. The average Bonchev–Trinajstić information content (AvgIpc) is 3.45. The smallest absolute Gasteiger partial charge is 0.308 e. The maximum Gasteiger partial charge on any atom is 0.308 e. The summed E-state index contributed by atoms with van der Waals surface area (Å²) < 4.78 is 22.5. The zero-order valence-corrected chi connectivity index (χ0v) is 17.9. The molecule has 1 aliphatic heterocycles. The third-order valence-corrected chi connectivity index (χ3v) is 6.43. The van der Waals surface area contributed by atoms with Gasteiger partial charge in [-0.1, -0.05) is 26.0 Å². The van der Waals surface area contributed by atoms with Crippen LogP contribution < -0.4 is 4.74 Å². The fourth-order valence-corrected chi connectivity index (χ4v) is 4.21. The molecule has 0 spiro atoms. The van der Waals surface area contributed by atoms with Crippen molar-refractivity contribution in [3.63, 3.8) is 0 Å². The van der Waals surface area contributed by atoms with Gasteiger partial charge in [0.15, 0.2) is 0 Å². The topological polar surface area (TPSA) is 74.2 Å². The van der Waals surface area contributed by atoms with Crippen molar-refractivity contribution in [1.29, 1.82) is 0 Å². The van der Waals surface area contributed by atoms with Gasteiger partial charge in [-0.2, -0.15) is 0 Å². The van der Waals surface area contributed by atoms with Crippen LogP contribution in [0.2, 0.25) is 0 Å². The van der Waals surface area contributed by atoms with Gasteiger partial charge in [-0.05, 0) is 42.4 Å².